The normalized spacial score (nSPS) is 13.6. The number of carbonyl (C=O) groups is 2. The van der Waals surface area contributed by atoms with Crippen molar-refractivity contribution in [1.82, 2.24) is 4.90 Å². The molecule has 0 rings (SSSR count). The average Bonchev–Trinajstić information content (AvgIpc) is 2.38. The molecule has 0 spiro atoms. The Hall–Kier alpha value is -1.44. The summed E-state index contributed by atoms with van der Waals surface area (Å²) in [5.74, 6) is 0. The van der Waals surface area contributed by atoms with Gasteiger partial charge in [-0.25, -0.2) is 0 Å². The lowest BCUT2D eigenvalue weighted by Gasteiger charge is -2.25. The standard InChI is InChI=1S/C12H21NO6/c1-3-4-17-8-12(19-10-16)6-13(2)5-11(7-14)18-9-15/h3,9-12,14H,1,4-8H2,2H3. The molecule has 2 unspecified atom stereocenters. The number of hydrogen-bond donors (Lipinski definition) is 1. The van der Waals surface area contributed by atoms with Crippen LogP contribution in [0.1, 0.15) is 0 Å². The molecule has 7 nitrogen and oxygen atoms in total. The Balaban J connectivity index is 4.12. The highest BCUT2D eigenvalue weighted by atomic mass is 16.6. The highest BCUT2D eigenvalue weighted by Gasteiger charge is 2.17. The molecule has 0 aromatic carbocycles. The van der Waals surface area contributed by atoms with Crippen LogP contribution in [0.25, 0.3) is 0 Å². The molecule has 2 atom stereocenters. The van der Waals surface area contributed by atoms with Gasteiger partial charge in [0.2, 0.25) is 0 Å². The molecule has 7 heteroatoms. The van der Waals surface area contributed by atoms with Gasteiger partial charge in [-0.05, 0) is 7.05 Å². The van der Waals surface area contributed by atoms with Crippen molar-refractivity contribution < 1.29 is 28.9 Å². The maximum atomic E-state index is 10.4. The van der Waals surface area contributed by atoms with Crippen LogP contribution in [0.5, 0.6) is 0 Å². The predicted molar refractivity (Wildman–Crippen MR) is 67.5 cm³/mol. The van der Waals surface area contributed by atoms with E-state index in [9.17, 15) is 9.59 Å². The Labute approximate surface area is 112 Å². The third-order valence-corrected chi connectivity index (χ3v) is 2.27. The highest BCUT2D eigenvalue weighted by molar-refractivity contribution is 5.37. The van der Waals surface area contributed by atoms with Crippen LogP contribution < -0.4 is 0 Å². The monoisotopic (exact) mass is 275 g/mol. The first-order valence-electron chi connectivity index (χ1n) is 5.84. The van der Waals surface area contributed by atoms with Crippen molar-refractivity contribution in [2.45, 2.75) is 12.2 Å². The van der Waals surface area contributed by atoms with Crippen LogP contribution in [0.2, 0.25) is 0 Å². The maximum Gasteiger partial charge on any atom is 0.293 e. The van der Waals surface area contributed by atoms with Crippen LogP contribution in [0.15, 0.2) is 12.7 Å². The minimum absolute atomic E-state index is 0.243. The molecule has 0 saturated heterocycles. The molecule has 110 valence electrons. The van der Waals surface area contributed by atoms with E-state index >= 15 is 0 Å². The van der Waals surface area contributed by atoms with Gasteiger partial charge in [-0.3, -0.25) is 14.5 Å². The smallest absolute Gasteiger partial charge is 0.293 e. The Kier molecular flexibility index (Phi) is 10.8. The number of nitrogens with zero attached hydrogens (tertiary/aromatic N) is 1. The van der Waals surface area contributed by atoms with Crippen molar-refractivity contribution in [2.75, 3.05) is 40.0 Å². The lowest BCUT2D eigenvalue weighted by atomic mass is 10.3. The predicted octanol–water partition coefficient (Wildman–Crippen LogP) is -0.804. The highest BCUT2D eigenvalue weighted by Crippen LogP contribution is 1.99. The van der Waals surface area contributed by atoms with Crippen molar-refractivity contribution in [2.24, 2.45) is 0 Å². The second kappa shape index (κ2) is 11.6. The Morgan fingerprint density at radius 3 is 2.32 bits per heavy atom. The molecule has 0 aromatic rings. The van der Waals surface area contributed by atoms with Crippen LogP contribution in [0.3, 0.4) is 0 Å². The minimum atomic E-state index is -0.603. The summed E-state index contributed by atoms with van der Waals surface area (Å²) in [5, 5.41) is 8.98. The van der Waals surface area contributed by atoms with Gasteiger partial charge >= 0.3 is 0 Å². The molecule has 1 N–H and O–H groups in total. The molecule has 0 aliphatic rings. The van der Waals surface area contributed by atoms with Gasteiger partial charge in [-0.15, -0.1) is 6.58 Å². The van der Waals surface area contributed by atoms with E-state index in [1.165, 1.54) is 0 Å². The molecule has 0 radical (unpaired) electrons. The number of aliphatic hydroxyl groups is 1. The van der Waals surface area contributed by atoms with Crippen molar-refractivity contribution >= 4 is 12.9 Å². The van der Waals surface area contributed by atoms with Crippen LogP contribution in [-0.4, -0.2) is 75.1 Å². The third kappa shape index (κ3) is 9.18. The third-order valence-electron chi connectivity index (χ3n) is 2.27. The van der Waals surface area contributed by atoms with E-state index < -0.39 is 12.2 Å². The van der Waals surface area contributed by atoms with Gasteiger partial charge in [0.1, 0.15) is 12.2 Å². The summed E-state index contributed by atoms with van der Waals surface area (Å²) in [6.07, 6.45) is 0.563. The lowest BCUT2D eigenvalue weighted by Crippen LogP contribution is -2.40. The van der Waals surface area contributed by atoms with Crippen LogP contribution >= 0.6 is 0 Å². The first-order chi connectivity index (χ1) is 9.17. The van der Waals surface area contributed by atoms with Gasteiger partial charge < -0.3 is 19.3 Å². The minimum Gasteiger partial charge on any atom is -0.461 e. The molecule has 0 bridgehead atoms. The van der Waals surface area contributed by atoms with Crippen LogP contribution in [-0.2, 0) is 23.8 Å². The van der Waals surface area contributed by atoms with Crippen molar-refractivity contribution in [3.05, 3.63) is 12.7 Å². The number of aliphatic hydroxyl groups excluding tert-OH is 1. The first kappa shape index (κ1) is 17.6. The van der Waals surface area contributed by atoms with Crippen molar-refractivity contribution in [3.63, 3.8) is 0 Å². The zero-order valence-electron chi connectivity index (χ0n) is 11.1. The van der Waals surface area contributed by atoms with Crippen LogP contribution in [0, 0.1) is 0 Å². The summed E-state index contributed by atoms with van der Waals surface area (Å²) in [5.41, 5.74) is 0. The number of carbonyl (C=O) groups excluding carboxylic acids is 2. The first-order valence-corrected chi connectivity index (χ1v) is 5.84. The SMILES string of the molecule is C=CCOCC(CN(C)CC(CO)OC=O)OC=O. The maximum absolute atomic E-state index is 10.4. The molecule has 0 heterocycles. The van der Waals surface area contributed by atoms with E-state index in [1.807, 2.05) is 0 Å². The topological polar surface area (TPSA) is 85.3 Å². The molecular weight excluding hydrogens is 254 g/mol. The van der Waals surface area contributed by atoms with E-state index in [2.05, 4.69) is 11.3 Å². The Bertz CT molecular complexity index is 261. The number of ether oxygens (including phenoxy) is 3. The van der Waals surface area contributed by atoms with E-state index in [1.54, 1.807) is 18.0 Å². The molecule has 0 aliphatic heterocycles. The van der Waals surface area contributed by atoms with Gasteiger partial charge in [-0.1, -0.05) is 6.08 Å². The fraction of sp³-hybridized carbons (Fsp3) is 0.667. The molecule has 0 saturated carbocycles. The summed E-state index contributed by atoms with van der Waals surface area (Å²) in [6, 6.07) is 0. The lowest BCUT2D eigenvalue weighted by molar-refractivity contribution is -0.138. The Morgan fingerprint density at radius 2 is 1.79 bits per heavy atom. The average molecular weight is 275 g/mol. The van der Waals surface area contributed by atoms with Crippen molar-refractivity contribution in [3.8, 4) is 0 Å². The molecule has 19 heavy (non-hydrogen) atoms. The zero-order chi connectivity index (χ0) is 14.5. The summed E-state index contributed by atoms with van der Waals surface area (Å²) in [6.45, 7) is 5.24. The van der Waals surface area contributed by atoms with Crippen molar-refractivity contribution in [1.29, 1.82) is 0 Å². The van der Waals surface area contributed by atoms with E-state index in [0.717, 1.165) is 0 Å². The van der Waals surface area contributed by atoms with Gasteiger partial charge in [0.05, 0.1) is 19.8 Å². The fourth-order valence-electron chi connectivity index (χ4n) is 1.49. The second-order valence-corrected chi connectivity index (χ2v) is 3.94. The van der Waals surface area contributed by atoms with Gasteiger partial charge in [0, 0.05) is 13.1 Å². The van der Waals surface area contributed by atoms with E-state index in [4.69, 9.17) is 14.6 Å². The zero-order valence-corrected chi connectivity index (χ0v) is 11.1. The number of likely N-dealkylation sites (N-methyl/N-ethyl adjacent to an activating group) is 1. The van der Waals surface area contributed by atoms with Crippen LogP contribution in [0.4, 0.5) is 0 Å². The molecule has 0 aromatic heterocycles. The van der Waals surface area contributed by atoms with E-state index in [0.29, 0.717) is 32.6 Å². The van der Waals surface area contributed by atoms with Gasteiger partial charge in [0.25, 0.3) is 12.9 Å². The second-order valence-electron chi connectivity index (χ2n) is 3.94. The molecule has 0 amide bonds. The molecular formula is C12H21NO6. The number of hydrogen-bond acceptors (Lipinski definition) is 7. The van der Waals surface area contributed by atoms with Gasteiger partial charge in [0.15, 0.2) is 0 Å². The summed E-state index contributed by atoms with van der Waals surface area (Å²) in [7, 11) is 1.76. The van der Waals surface area contributed by atoms with Gasteiger partial charge in [-0.2, -0.15) is 0 Å². The quantitative estimate of drug-likeness (QED) is 0.267. The molecule has 0 fully saturated rings. The molecule has 0 aliphatic carbocycles. The summed E-state index contributed by atoms with van der Waals surface area (Å²) >= 11 is 0. The number of rotatable bonds is 13. The fourth-order valence-corrected chi connectivity index (χ4v) is 1.49. The summed E-state index contributed by atoms with van der Waals surface area (Å²) in [4.78, 5) is 22.4. The Morgan fingerprint density at radius 1 is 1.21 bits per heavy atom. The summed E-state index contributed by atoms with van der Waals surface area (Å²) < 4.78 is 14.8. The largest absolute Gasteiger partial charge is 0.461 e. The van der Waals surface area contributed by atoms with E-state index in [-0.39, 0.29) is 13.2 Å².